The van der Waals surface area contributed by atoms with Gasteiger partial charge in [0.2, 0.25) is 0 Å². The molecule has 2 aromatic rings. The smallest absolute Gasteiger partial charge is 0.410 e. The second-order valence-electron chi connectivity index (χ2n) is 10.8. The molecule has 0 radical (unpaired) electrons. The predicted octanol–water partition coefficient (Wildman–Crippen LogP) is 5.99. The van der Waals surface area contributed by atoms with Crippen LogP contribution in [-0.2, 0) is 11.2 Å². The van der Waals surface area contributed by atoms with Crippen molar-refractivity contribution >= 4 is 11.8 Å². The molecule has 0 N–H and O–H groups in total. The molecule has 4 rings (SSSR count). The van der Waals surface area contributed by atoms with Gasteiger partial charge in [0, 0.05) is 31.4 Å². The number of carbonyl (C=O) groups is 1. The quantitative estimate of drug-likeness (QED) is 0.508. The maximum atomic E-state index is 13.1. The number of carbonyl (C=O) groups excluding carboxylic acids is 1. The maximum Gasteiger partial charge on any atom is 0.410 e. The van der Waals surface area contributed by atoms with Gasteiger partial charge in [-0.2, -0.15) is 0 Å². The first-order valence-corrected chi connectivity index (χ1v) is 12.9. The lowest BCUT2D eigenvalue weighted by Gasteiger charge is -2.43. The van der Waals surface area contributed by atoms with Gasteiger partial charge in [-0.3, -0.25) is 0 Å². The van der Waals surface area contributed by atoms with Crippen LogP contribution < -0.4 is 14.4 Å². The van der Waals surface area contributed by atoms with E-state index in [-0.39, 0.29) is 18.2 Å². The SMILES string of the molecule is COc1ccc(N2CCN(C(=O)OC(C)(C)C)[C@@H](Cc3ccccc3C)C2)cc1OC1CCCC1. The standard InChI is InChI=1S/C29H40N2O4/c1-21-10-6-7-11-22(21)18-24-20-30(16-17-31(24)28(32)35-29(2,3)4)23-14-15-26(33-5)27(19-23)34-25-12-8-9-13-25/h6-7,10-11,14-15,19,24-25H,8-9,12-13,16-18,20H2,1-5H3/t24-/m0/s1. The molecule has 2 fully saturated rings. The molecular weight excluding hydrogens is 440 g/mol. The number of amides is 1. The van der Waals surface area contributed by atoms with Gasteiger partial charge in [-0.15, -0.1) is 0 Å². The summed E-state index contributed by atoms with van der Waals surface area (Å²) in [5.74, 6) is 1.58. The number of rotatable bonds is 6. The van der Waals surface area contributed by atoms with Crippen molar-refractivity contribution in [1.29, 1.82) is 0 Å². The number of anilines is 1. The van der Waals surface area contributed by atoms with E-state index in [0.29, 0.717) is 6.54 Å². The van der Waals surface area contributed by atoms with Crippen LogP contribution in [0.2, 0.25) is 0 Å². The average molecular weight is 481 g/mol. The van der Waals surface area contributed by atoms with E-state index in [1.807, 2.05) is 31.7 Å². The Morgan fingerprint density at radius 3 is 2.46 bits per heavy atom. The third-order valence-corrected chi connectivity index (χ3v) is 6.94. The molecule has 0 spiro atoms. The summed E-state index contributed by atoms with van der Waals surface area (Å²) in [5, 5.41) is 0. The van der Waals surface area contributed by atoms with E-state index in [2.05, 4.69) is 48.2 Å². The Hall–Kier alpha value is -2.89. The minimum atomic E-state index is -0.524. The van der Waals surface area contributed by atoms with Gasteiger partial charge in [-0.05, 0) is 83.1 Å². The summed E-state index contributed by atoms with van der Waals surface area (Å²) in [6, 6.07) is 14.6. The van der Waals surface area contributed by atoms with Gasteiger partial charge in [0.05, 0.1) is 19.3 Å². The van der Waals surface area contributed by atoms with Crippen molar-refractivity contribution in [2.24, 2.45) is 0 Å². The molecule has 35 heavy (non-hydrogen) atoms. The molecule has 0 aromatic heterocycles. The van der Waals surface area contributed by atoms with Crippen molar-refractivity contribution in [2.75, 3.05) is 31.6 Å². The zero-order valence-corrected chi connectivity index (χ0v) is 21.9. The van der Waals surface area contributed by atoms with Crippen molar-refractivity contribution in [3.05, 3.63) is 53.6 Å². The number of ether oxygens (including phenoxy) is 3. The van der Waals surface area contributed by atoms with Crippen LogP contribution in [0.3, 0.4) is 0 Å². The van der Waals surface area contributed by atoms with Gasteiger partial charge >= 0.3 is 6.09 Å². The summed E-state index contributed by atoms with van der Waals surface area (Å²) in [7, 11) is 1.69. The fourth-order valence-corrected chi connectivity index (χ4v) is 5.06. The van der Waals surface area contributed by atoms with Crippen LogP contribution in [0.5, 0.6) is 11.5 Å². The van der Waals surface area contributed by atoms with Gasteiger partial charge in [0.25, 0.3) is 0 Å². The van der Waals surface area contributed by atoms with E-state index < -0.39 is 5.60 Å². The molecule has 2 aromatic carbocycles. The minimum absolute atomic E-state index is 0.000928. The van der Waals surface area contributed by atoms with Crippen molar-refractivity contribution in [2.45, 2.75) is 77.5 Å². The van der Waals surface area contributed by atoms with E-state index in [1.54, 1.807) is 7.11 Å². The Morgan fingerprint density at radius 1 is 1.03 bits per heavy atom. The second kappa shape index (κ2) is 10.8. The third kappa shape index (κ3) is 6.41. The lowest BCUT2D eigenvalue weighted by atomic mass is 9.98. The summed E-state index contributed by atoms with van der Waals surface area (Å²) in [4.78, 5) is 17.4. The van der Waals surface area contributed by atoms with Crippen LogP contribution >= 0.6 is 0 Å². The van der Waals surface area contributed by atoms with E-state index in [9.17, 15) is 4.79 Å². The number of hydrogen-bond acceptors (Lipinski definition) is 5. The monoisotopic (exact) mass is 480 g/mol. The van der Waals surface area contributed by atoms with Crippen molar-refractivity contribution in [3.8, 4) is 11.5 Å². The molecule has 1 saturated heterocycles. The third-order valence-electron chi connectivity index (χ3n) is 6.94. The number of benzene rings is 2. The molecule has 6 heteroatoms. The number of hydrogen-bond donors (Lipinski definition) is 0. The Balaban J connectivity index is 1.56. The molecule has 1 aliphatic carbocycles. The molecule has 0 bridgehead atoms. The minimum Gasteiger partial charge on any atom is -0.493 e. The van der Waals surface area contributed by atoms with Crippen LogP contribution in [-0.4, -0.2) is 55.5 Å². The Labute approximate surface area is 210 Å². The van der Waals surface area contributed by atoms with E-state index in [4.69, 9.17) is 14.2 Å². The Morgan fingerprint density at radius 2 is 1.77 bits per heavy atom. The normalized spacial score (nSPS) is 19.1. The predicted molar refractivity (Wildman–Crippen MR) is 140 cm³/mol. The van der Waals surface area contributed by atoms with Gasteiger partial charge in [-0.1, -0.05) is 24.3 Å². The molecule has 190 valence electrons. The van der Waals surface area contributed by atoms with E-state index in [0.717, 1.165) is 49.5 Å². The van der Waals surface area contributed by atoms with E-state index in [1.165, 1.54) is 24.0 Å². The highest BCUT2D eigenvalue weighted by molar-refractivity contribution is 5.69. The molecular formula is C29H40N2O4. The summed E-state index contributed by atoms with van der Waals surface area (Å²) < 4.78 is 17.7. The molecule has 1 amide bonds. The van der Waals surface area contributed by atoms with Gasteiger partial charge < -0.3 is 24.0 Å². The van der Waals surface area contributed by atoms with Crippen LogP contribution in [0.4, 0.5) is 10.5 Å². The zero-order valence-electron chi connectivity index (χ0n) is 21.9. The average Bonchev–Trinajstić information content (AvgIpc) is 3.32. The van der Waals surface area contributed by atoms with Crippen molar-refractivity contribution < 1.29 is 19.0 Å². The highest BCUT2D eigenvalue weighted by atomic mass is 16.6. The first-order valence-electron chi connectivity index (χ1n) is 12.9. The fourth-order valence-electron chi connectivity index (χ4n) is 5.06. The van der Waals surface area contributed by atoms with Crippen molar-refractivity contribution in [1.82, 2.24) is 4.90 Å². The highest BCUT2D eigenvalue weighted by Crippen LogP contribution is 2.36. The molecule has 1 atom stereocenters. The summed E-state index contributed by atoms with van der Waals surface area (Å²) in [6.45, 7) is 9.95. The summed E-state index contributed by atoms with van der Waals surface area (Å²) in [5.41, 5.74) is 3.07. The van der Waals surface area contributed by atoms with Crippen molar-refractivity contribution in [3.63, 3.8) is 0 Å². The van der Waals surface area contributed by atoms with Gasteiger partial charge in [0.1, 0.15) is 5.60 Å². The number of methoxy groups -OCH3 is 1. The molecule has 1 heterocycles. The lowest BCUT2D eigenvalue weighted by molar-refractivity contribution is 0.0141. The number of aryl methyl sites for hydroxylation is 1. The Bertz CT molecular complexity index is 1010. The van der Waals surface area contributed by atoms with E-state index >= 15 is 0 Å². The second-order valence-corrected chi connectivity index (χ2v) is 10.8. The molecule has 6 nitrogen and oxygen atoms in total. The zero-order chi connectivity index (χ0) is 25.0. The largest absolute Gasteiger partial charge is 0.493 e. The highest BCUT2D eigenvalue weighted by Gasteiger charge is 2.34. The Kier molecular flexibility index (Phi) is 7.78. The first kappa shape index (κ1) is 25.2. The van der Waals surface area contributed by atoms with Crippen LogP contribution in [0, 0.1) is 6.92 Å². The first-order chi connectivity index (χ1) is 16.7. The molecule has 0 unspecified atom stereocenters. The summed E-state index contributed by atoms with van der Waals surface area (Å²) >= 11 is 0. The summed E-state index contributed by atoms with van der Waals surface area (Å²) in [6.07, 6.45) is 5.44. The molecule has 2 aliphatic rings. The van der Waals surface area contributed by atoms with Crippen LogP contribution in [0.15, 0.2) is 42.5 Å². The lowest BCUT2D eigenvalue weighted by Crippen LogP contribution is -2.57. The number of nitrogens with zero attached hydrogens (tertiary/aromatic N) is 2. The van der Waals surface area contributed by atoms with Crippen LogP contribution in [0.1, 0.15) is 57.6 Å². The number of piperazine rings is 1. The molecule has 1 aliphatic heterocycles. The topological polar surface area (TPSA) is 51.2 Å². The molecule has 1 saturated carbocycles. The van der Waals surface area contributed by atoms with Crippen LogP contribution in [0.25, 0.3) is 0 Å². The maximum absolute atomic E-state index is 13.1. The van der Waals surface area contributed by atoms with Gasteiger partial charge in [0.15, 0.2) is 11.5 Å². The fraction of sp³-hybridized carbons (Fsp3) is 0.552. The van der Waals surface area contributed by atoms with Gasteiger partial charge in [-0.25, -0.2) is 4.79 Å².